The third-order valence-corrected chi connectivity index (χ3v) is 1.85. The predicted octanol–water partition coefficient (Wildman–Crippen LogP) is 2.34. The summed E-state index contributed by atoms with van der Waals surface area (Å²) in [6, 6.07) is 6.74. The van der Waals surface area contributed by atoms with Gasteiger partial charge >= 0.3 is 0 Å². The maximum atomic E-state index is 12.4. The van der Waals surface area contributed by atoms with Gasteiger partial charge < -0.3 is 0 Å². The predicted molar refractivity (Wildman–Crippen MR) is 42.3 cm³/mol. The number of rotatable bonds is 1. The van der Waals surface area contributed by atoms with E-state index in [0.29, 0.717) is 0 Å². The lowest BCUT2D eigenvalue weighted by atomic mass is 10.1. The van der Waals surface area contributed by atoms with Crippen LogP contribution in [0.2, 0.25) is 0 Å². The van der Waals surface area contributed by atoms with Gasteiger partial charge in [0.15, 0.2) is 0 Å². The molecule has 0 amide bonds. The third kappa shape index (κ3) is 1.16. The molecule has 0 radical (unpaired) electrons. The van der Waals surface area contributed by atoms with Gasteiger partial charge in [-0.3, -0.25) is 4.99 Å². The van der Waals surface area contributed by atoms with Gasteiger partial charge in [-0.1, -0.05) is 12.1 Å². The molecule has 1 aliphatic heterocycles. The van der Waals surface area contributed by atoms with E-state index in [1.807, 2.05) is 6.92 Å². The van der Waals surface area contributed by atoms with Crippen LogP contribution in [0, 0.1) is 5.82 Å². The normalized spacial score (nSPS) is 21.3. The van der Waals surface area contributed by atoms with Gasteiger partial charge in [-0.15, -0.1) is 0 Å². The van der Waals surface area contributed by atoms with Gasteiger partial charge in [0, 0.05) is 5.71 Å². The summed E-state index contributed by atoms with van der Waals surface area (Å²) in [6.07, 6.45) is 0. The van der Waals surface area contributed by atoms with Crippen molar-refractivity contribution in [2.75, 3.05) is 0 Å². The van der Waals surface area contributed by atoms with Crippen molar-refractivity contribution in [3.8, 4) is 0 Å². The largest absolute Gasteiger partial charge is 0.278 e. The Bertz CT molecular complexity index is 300. The van der Waals surface area contributed by atoms with Crippen LogP contribution in [0.15, 0.2) is 29.3 Å². The van der Waals surface area contributed by atoms with Crippen LogP contribution in [0.5, 0.6) is 0 Å². The fourth-order valence-electron chi connectivity index (χ4n) is 1.13. The van der Waals surface area contributed by atoms with Crippen LogP contribution in [0.1, 0.15) is 18.5 Å². The monoisotopic (exact) mass is 149 g/mol. The van der Waals surface area contributed by atoms with E-state index in [1.165, 1.54) is 12.1 Å². The molecule has 0 aromatic heterocycles. The Labute approximate surface area is 64.6 Å². The molecule has 2 rings (SSSR count). The first kappa shape index (κ1) is 6.53. The fourth-order valence-corrected chi connectivity index (χ4v) is 1.13. The quantitative estimate of drug-likeness (QED) is 0.581. The Balaban J connectivity index is 2.22. The van der Waals surface area contributed by atoms with Crippen LogP contribution in [0.3, 0.4) is 0 Å². The highest BCUT2D eigenvalue weighted by atomic mass is 19.1. The summed E-state index contributed by atoms with van der Waals surface area (Å²) in [7, 11) is 0. The van der Waals surface area contributed by atoms with E-state index < -0.39 is 0 Å². The second-order valence-corrected chi connectivity index (χ2v) is 2.72. The maximum Gasteiger partial charge on any atom is 0.123 e. The average molecular weight is 149 g/mol. The first-order valence-electron chi connectivity index (χ1n) is 3.57. The van der Waals surface area contributed by atoms with Gasteiger partial charge in [-0.2, -0.15) is 0 Å². The lowest BCUT2D eigenvalue weighted by Gasteiger charge is -1.94. The Hall–Kier alpha value is -1.18. The Kier molecular flexibility index (Phi) is 1.28. The first-order chi connectivity index (χ1) is 5.27. The van der Waals surface area contributed by atoms with Crippen molar-refractivity contribution < 1.29 is 4.39 Å². The summed E-state index contributed by atoms with van der Waals surface area (Å²) in [6.45, 7) is 1.98. The minimum Gasteiger partial charge on any atom is -0.278 e. The molecule has 56 valence electrons. The Morgan fingerprint density at radius 2 is 1.82 bits per heavy atom. The highest BCUT2D eigenvalue weighted by Gasteiger charge is 2.23. The molecule has 1 heterocycles. The van der Waals surface area contributed by atoms with Crippen molar-refractivity contribution in [2.24, 2.45) is 4.99 Å². The van der Waals surface area contributed by atoms with Crippen molar-refractivity contribution >= 4 is 5.71 Å². The van der Waals surface area contributed by atoms with E-state index >= 15 is 0 Å². The van der Waals surface area contributed by atoms with E-state index in [1.54, 1.807) is 12.1 Å². The van der Waals surface area contributed by atoms with E-state index in [-0.39, 0.29) is 11.9 Å². The van der Waals surface area contributed by atoms with Gasteiger partial charge in [0.1, 0.15) is 11.9 Å². The Morgan fingerprint density at radius 3 is 2.27 bits per heavy atom. The van der Waals surface area contributed by atoms with Crippen LogP contribution in [0.25, 0.3) is 0 Å². The number of nitrogens with zero attached hydrogens (tertiary/aromatic N) is 1. The smallest absolute Gasteiger partial charge is 0.123 e. The first-order valence-corrected chi connectivity index (χ1v) is 3.57. The highest BCUT2D eigenvalue weighted by molar-refractivity contribution is 5.99. The minimum absolute atomic E-state index is 0.188. The molecule has 0 saturated heterocycles. The zero-order valence-electron chi connectivity index (χ0n) is 6.21. The molecule has 0 bridgehead atoms. The summed E-state index contributed by atoms with van der Waals surface area (Å²) in [4.78, 5) is 4.15. The van der Waals surface area contributed by atoms with Gasteiger partial charge in [-0.25, -0.2) is 4.39 Å². The van der Waals surface area contributed by atoms with Gasteiger partial charge in [0.2, 0.25) is 0 Å². The topological polar surface area (TPSA) is 12.4 Å². The molecule has 1 aromatic carbocycles. The molecular formula is C9H8FN. The fraction of sp³-hybridized carbons (Fsp3) is 0.222. The molecule has 1 atom stereocenters. The number of hydrogen-bond acceptors (Lipinski definition) is 1. The van der Waals surface area contributed by atoms with Crippen molar-refractivity contribution in [3.05, 3.63) is 35.6 Å². The van der Waals surface area contributed by atoms with Crippen LogP contribution in [0.4, 0.5) is 4.39 Å². The molecule has 0 spiro atoms. The maximum absolute atomic E-state index is 12.4. The molecule has 0 N–H and O–H groups in total. The van der Waals surface area contributed by atoms with Gasteiger partial charge in [0.05, 0.1) is 0 Å². The van der Waals surface area contributed by atoms with Crippen molar-refractivity contribution in [3.63, 3.8) is 0 Å². The second kappa shape index (κ2) is 2.16. The number of hydrogen-bond donors (Lipinski definition) is 0. The summed E-state index contributed by atoms with van der Waals surface area (Å²) < 4.78 is 12.4. The summed E-state index contributed by atoms with van der Waals surface area (Å²) in [5, 5.41) is 0. The van der Waals surface area contributed by atoms with Crippen molar-refractivity contribution in [2.45, 2.75) is 13.0 Å². The van der Waals surface area contributed by atoms with Crippen LogP contribution < -0.4 is 0 Å². The standard InChI is InChI=1S/C9H8FN/c1-6-9(11-6)7-2-4-8(10)5-3-7/h2-5,9H,1H3. The molecule has 0 aliphatic carbocycles. The minimum atomic E-state index is -0.188. The molecule has 1 nitrogen and oxygen atoms in total. The molecule has 1 aromatic rings. The van der Waals surface area contributed by atoms with Crippen LogP contribution >= 0.6 is 0 Å². The van der Waals surface area contributed by atoms with Crippen LogP contribution in [-0.4, -0.2) is 5.71 Å². The van der Waals surface area contributed by atoms with Gasteiger partial charge in [-0.05, 0) is 24.6 Å². The van der Waals surface area contributed by atoms with E-state index in [2.05, 4.69) is 4.99 Å². The molecule has 2 heteroatoms. The molecular weight excluding hydrogens is 141 g/mol. The van der Waals surface area contributed by atoms with E-state index in [4.69, 9.17) is 0 Å². The van der Waals surface area contributed by atoms with E-state index in [0.717, 1.165) is 11.3 Å². The SMILES string of the molecule is CC1=NC1c1ccc(F)cc1. The summed E-state index contributed by atoms with van der Waals surface area (Å²) in [5.41, 5.74) is 2.22. The van der Waals surface area contributed by atoms with E-state index in [9.17, 15) is 4.39 Å². The molecule has 11 heavy (non-hydrogen) atoms. The number of halogens is 1. The zero-order chi connectivity index (χ0) is 7.84. The van der Waals surface area contributed by atoms with Gasteiger partial charge in [0.25, 0.3) is 0 Å². The lowest BCUT2D eigenvalue weighted by molar-refractivity contribution is 0.627. The molecule has 0 saturated carbocycles. The zero-order valence-corrected chi connectivity index (χ0v) is 6.21. The second-order valence-electron chi connectivity index (χ2n) is 2.72. The molecule has 1 aliphatic rings. The summed E-state index contributed by atoms with van der Waals surface area (Å²) >= 11 is 0. The van der Waals surface area contributed by atoms with Crippen LogP contribution in [-0.2, 0) is 0 Å². The molecule has 0 fully saturated rings. The van der Waals surface area contributed by atoms with Crippen molar-refractivity contribution in [1.29, 1.82) is 0 Å². The number of benzene rings is 1. The average Bonchev–Trinajstić information content (AvgIpc) is 2.69. The highest BCUT2D eigenvalue weighted by Crippen LogP contribution is 2.30. The lowest BCUT2D eigenvalue weighted by Crippen LogP contribution is -1.85. The third-order valence-electron chi connectivity index (χ3n) is 1.85. The molecule has 1 unspecified atom stereocenters. The number of aliphatic imine (C=N–C) groups is 1. The summed E-state index contributed by atoms with van der Waals surface area (Å²) in [5.74, 6) is -0.188. The van der Waals surface area contributed by atoms with Crippen molar-refractivity contribution in [1.82, 2.24) is 0 Å². The Morgan fingerprint density at radius 1 is 1.27 bits per heavy atom.